The molecule has 10 heteroatoms. The molecule has 2 unspecified atom stereocenters. The summed E-state index contributed by atoms with van der Waals surface area (Å²) in [5.41, 5.74) is -1.49. The molecule has 128 valence electrons. The van der Waals surface area contributed by atoms with Crippen LogP contribution in [0, 0.1) is 0 Å². The molecular formula is C13H19N3O6S. The quantitative estimate of drug-likeness (QED) is 0.745. The van der Waals surface area contributed by atoms with Gasteiger partial charge < -0.3 is 14.6 Å². The molecule has 0 amide bonds. The number of hydrogen-bond donors (Lipinski definition) is 2. The first-order valence-corrected chi connectivity index (χ1v) is 8.93. The van der Waals surface area contributed by atoms with E-state index in [0.717, 1.165) is 12.7 Å². The van der Waals surface area contributed by atoms with Crippen molar-refractivity contribution in [2.24, 2.45) is 0 Å². The van der Waals surface area contributed by atoms with Crippen molar-refractivity contribution >= 4 is 16.1 Å². The highest BCUT2D eigenvalue weighted by atomic mass is 32.2. The fourth-order valence-corrected chi connectivity index (χ4v) is 3.18. The first-order chi connectivity index (χ1) is 10.7. The maximum Gasteiger partial charge on any atom is 0.358 e. The van der Waals surface area contributed by atoms with E-state index in [1.54, 1.807) is 14.0 Å². The lowest BCUT2D eigenvalue weighted by Crippen LogP contribution is -2.34. The van der Waals surface area contributed by atoms with Gasteiger partial charge in [0.2, 0.25) is 5.75 Å². The van der Waals surface area contributed by atoms with E-state index < -0.39 is 33.1 Å². The molecule has 1 aliphatic heterocycles. The van der Waals surface area contributed by atoms with Gasteiger partial charge in [-0.25, -0.2) is 9.78 Å². The first-order valence-electron chi connectivity index (χ1n) is 7.12. The van der Waals surface area contributed by atoms with E-state index in [0.29, 0.717) is 12.8 Å². The van der Waals surface area contributed by atoms with Crippen LogP contribution in [0.3, 0.4) is 0 Å². The molecule has 9 nitrogen and oxygen atoms in total. The maximum absolute atomic E-state index is 12.7. The third-order valence-corrected chi connectivity index (χ3v) is 4.22. The van der Waals surface area contributed by atoms with E-state index in [-0.39, 0.29) is 17.9 Å². The molecule has 2 atom stereocenters. The number of fused-ring (bicyclic) bond motifs is 1. The molecule has 0 bridgehead atoms. The summed E-state index contributed by atoms with van der Waals surface area (Å²) < 4.78 is 28.7. The molecule has 0 fully saturated rings. The molecule has 1 aliphatic rings. The summed E-state index contributed by atoms with van der Waals surface area (Å²) in [4.78, 5) is 28.1. The van der Waals surface area contributed by atoms with Crippen LogP contribution < -0.4 is 15.1 Å². The molecule has 0 saturated carbocycles. The number of rotatable bonds is 4. The Morgan fingerprint density at radius 2 is 2.09 bits per heavy atom. The molecule has 0 spiro atoms. The molecule has 2 N–H and O–H groups in total. The number of nitrogens with zero attached hydrogens (tertiary/aromatic N) is 2. The fraction of sp³-hybridized carbons (Fsp3) is 0.615. The predicted octanol–water partition coefficient (Wildman–Crippen LogP) is 0.285. The van der Waals surface area contributed by atoms with Gasteiger partial charge in [0.05, 0.1) is 12.3 Å². The number of nitrogens with one attached hydrogen (secondary N) is 1. The molecule has 0 aliphatic carbocycles. The summed E-state index contributed by atoms with van der Waals surface area (Å²) in [7, 11) is -2.37. The van der Waals surface area contributed by atoms with Crippen LogP contribution >= 0.6 is 0 Å². The Balaban J connectivity index is 2.80. The first kappa shape index (κ1) is 17.4. The highest BCUT2D eigenvalue weighted by molar-refractivity contribution is 7.86. The van der Waals surface area contributed by atoms with Crippen molar-refractivity contribution in [1.29, 1.82) is 0 Å². The van der Waals surface area contributed by atoms with Crippen molar-refractivity contribution in [2.75, 3.05) is 13.3 Å². The summed E-state index contributed by atoms with van der Waals surface area (Å²) in [6.45, 7) is 1.80. The van der Waals surface area contributed by atoms with Gasteiger partial charge in [-0.1, -0.05) is 0 Å². The number of carbonyl (C=O) groups is 1. The lowest BCUT2D eigenvalue weighted by molar-refractivity contribution is 0.0686. The second-order valence-corrected chi connectivity index (χ2v) is 7.11. The minimum Gasteiger partial charge on any atom is -0.476 e. The van der Waals surface area contributed by atoms with Gasteiger partial charge in [0.15, 0.2) is 5.69 Å². The number of hydrogen-bond acceptors (Lipinski definition) is 7. The monoisotopic (exact) mass is 345 g/mol. The topological polar surface area (TPSA) is 128 Å². The molecule has 0 aromatic carbocycles. The van der Waals surface area contributed by atoms with E-state index in [2.05, 4.69) is 14.5 Å². The van der Waals surface area contributed by atoms with Gasteiger partial charge in [-0.2, -0.15) is 8.42 Å². The van der Waals surface area contributed by atoms with Crippen molar-refractivity contribution in [3.05, 3.63) is 21.9 Å². The zero-order valence-corrected chi connectivity index (χ0v) is 13.9. The molecule has 1 aromatic heterocycles. The Labute approximate surface area is 133 Å². The zero-order chi connectivity index (χ0) is 17.4. The van der Waals surface area contributed by atoms with Gasteiger partial charge in [-0.05, 0) is 33.2 Å². The highest BCUT2D eigenvalue weighted by Crippen LogP contribution is 2.29. The van der Waals surface area contributed by atoms with Crippen LogP contribution in [0.5, 0.6) is 5.75 Å². The van der Waals surface area contributed by atoms with Gasteiger partial charge in [0.25, 0.3) is 5.56 Å². The summed E-state index contributed by atoms with van der Waals surface area (Å²) in [6.07, 6.45) is 2.95. The second kappa shape index (κ2) is 6.28. The van der Waals surface area contributed by atoms with Crippen LogP contribution in [-0.2, 0) is 10.1 Å². The van der Waals surface area contributed by atoms with Crippen molar-refractivity contribution in [2.45, 2.75) is 38.3 Å². The van der Waals surface area contributed by atoms with Crippen molar-refractivity contribution in [3.8, 4) is 5.75 Å². The minimum atomic E-state index is -4.06. The Hall–Kier alpha value is -1.94. The van der Waals surface area contributed by atoms with Crippen LogP contribution in [0.15, 0.2) is 4.79 Å². The summed E-state index contributed by atoms with van der Waals surface area (Å²) >= 11 is 0. The molecule has 23 heavy (non-hydrogen) atoms. The summed E-state index contributed by atoms with van der Waals surface area (Å²) in [6, 6.07) is -0.536. The van der Waals surface area contributed by atoms with Crippen molar-refractivity contribution in [1.82, 2.24) is 14.9 Å². The van der Waals surface area contributed by atoms with Crippen LogP contribution in [0.25, 0.3) is 0 Å². The average molecular weight is 345 g/mol. The predicted molar refractivity (Wildman–Crippen MR) is 81.3 cm³/mol. The van der Waals surface area contributed by atoms with E-state index in [1.165, 1.54) is 4.57 Å². The molecule has 2 heterocycles. The van der Waals surface area contributed by atoms with Crippen LogP contribution in [0.1, 0.15) is 54.6 Å². The molecule has 0 radical (unpaired) electrons. The number of carboxylic acids is 1. The van der Waals surface area contributed by atoms with Gasteiger partial charge >= 0.3 is 16.1 Å². The molecule has 0 saturated heterocycles. The Morgan fingerprint density at radius 1 is 1.43 bits per heavy atom. The Bertz CT molecular complexity index is 786. The smallest absolute Gasteiger partial charge is 0.358 e. The largest absolute Gasteiger partial charge is 0.476 e. The third kappa shape index (κ3) is 3.53. The van der Waals surface area contributed by atoms with Gasteiger partial charge in [0, 0.05) is 6.04 Å². The average Bonchev–Trinajstić information content (AvgIpc) is 2.59. The zero-order valence-electron chi connectivity index (χ0n) is 13.1. The van der Waals surface area contributed by atoms with Crippen LogP contribution in [0.2, 0.25) is 0 Å². The number of carboxylic acid groups (broad SMARTS) is 1. The van der Waals surface area contributed by atoms with Gasteiger partial charge in [0.1, 0.15) is 5.82 Å². The molecular weight excluding hydrogens is 326 g/mol. The van der Waals surface area contributed by atoms with Gasteiger partial charge in [-0.3, -0.25) is 9.36 Å². The maximum atomic E-state index is 12.7. The van der Waals surface area contributed by atoms with Crippen LogP contribution in [-0.4, -0.2) is 42.3 Å². The SMILES string of the molecule is CNC1CCCC(C)n2c1nc(C(=O)O)c(OS(C)(=O)=O)c2=O. The Morgan fingerprint density at radius 3 is 2.61 bits per heavy atom. The Kier molecular flexibility index (Phi) is 4.76. The van der Waals surface area contributed by atoms with E-state index in [9.17, 15) is 23.1 Å². The third-order valence-electron chi connectivity index (χ3n) is 3.75. The molecule has 2 rings (SSSR count). The summed E-state index contributed by atoms with van der Waals surface area (Å²) in [5.74, 6) is -2.01. The van der Waals surface area contributed by atoms with Crippen LogP contribution in [0.4, 0.5) is 0 Å². The number of aromatic nitrogens is 2. The second-order valence-electron chi connectivity index (χ2n) is 5.54. The number of aromatic carboxylic acids is 1. The van der Waals surface area contributed by atoms with Crippen molar-refractivity contribution < 1.29 is 22.5 Å². The molecule has 1 aromatic rings. The fourth-order valence-electron chi connectivity index (χ4n) is 2.73. The van der Waals surface area contributed by atoms with Gasteiger partial charge in [-0.15, -0.1) is 0 Å². The standard InChI is InChI=1S/C13H19N3O6S/c1-7-5-4-6-8(14-2)11-15-9(13(18)19)10(12(17)16(7)11)22-23(3,20)21/h7-8,14H,4-6H2,1-3H3,(H,18,19). The van der Waals surface area contributed by atoms with E-state index in [4.69, 9.17) is 0 Å². The minimum absolute atomic E-state index is 0.242. The lowest BCUT2D eigenvalue weighted by Gasteiger charge is -2.21. The van der Waals surface area contributed by atoms with E-state index in [1.807, 2.05) is 0 Å². The summed E-state index contributed by atoms with van der Waals surface area (Å²) in [5, 5.41) is 12.3. The highest BCUT2D eigenvalue weighted by Gasteiger charge is 2.31. The lowest BCUT2D eigenvalue weighted by atomic mass is 10.1. The normalized spacial score (nSPS) is 21.3. The van der Waals surface area contributed by atoms with Crippen molar-refractivity contribution in [3.63, 3.8) is 0 Å². The van der Waals surface area contributed by atoms with E-state index >= 15 is 0 Å².